The quantitative estimate of drug-likeness (QED) is 0.548. The fraction of sp³-hybridized carbons (Fsp3) is 0.846. The van der Waals surface area contributed by atoms with E-state index in [1.807, 2.05) is 0 Å². The molecule has 0 aromatic rings. The highest BCUT2D eigenvalue weighted by molar-refractivity contribution is 5.83. The van der Waals surface area contributed by atoms with Gasteiger partial charge in [0.1, 0.15) is 12.2 Å². The van der Waals surface area contributed by atoms with Crippen molar-refractivity contribution in [1.82, 2.24) is 0 Å². The summed E-state index contributed by atoms with van der Waals surface area (Å²) in [5, 5.41) is 28.9. The summed E-state index contributed by atoms with van der Waals surface area (Å²) in [4.78, 5) is 23.6. The summed E-state index contributed by atoms with van der Waals surface area (Å²) in [6, 6.07) is 0. The number of hydrogen-bond acceptors (Lipinski definition) is 8. The third-order valence-electron chi connectivity index (χ3n) is 3.94. The summed E-state index contributed by atoms with van der Waals surface area (Å²) in [6.07, 6.45) is -4.49. The van der Waals surface area contributed by atoms with E-state index in [-0.39, 0.29) is 12.8 Å². The predicted molar refractivity (Wildman–Crippen MR) is 66.7 cm³/mol. The Bertz CT molecular complexity index is 424. The minimum Gasteiger partial charge on any atom is -0.452 e. The number of esters is 2. The maximum Gasteiger partial charge on any atom is 0.380 e. The molecule has 21 heavy (non-hydrogen) atoms. The second-order valence-corrected chi connectivity index (χ2v) is 5.41. The summed E-state index contributed by atoms with van der Waals surface area (Å²) in [7, 11) is 0. The van der Waals surface area contributed by atoms with Crippen LogP contribution in [0.5, 0.6) is 0 Å². The van der Waals surface area contributed by atoms with Crippen LogP contribution < -0.4 is 0 Å². The van der Waals surface area contributed by atoms with Crippen LogP contribution >= 0.6 is 0 Å². The number of rotatable bonds is 4. The third-order valence-corrected chi connectivity index (χ3v) is 3.94. The third kappa shape index (κ3) is 2.76. The number of fused-ring (bicyclic) bond motifs is 2. The van der Waals surface area contributed by atoms with Crippen LogP contribution in [0.15, 0.2) is 0 Å². The standard InChI is InChI=1S/C13H20O8/c1-3-9(17)20-13-4-7(15)6(2)10(21-13)11(8(16)5-14)19-12(13)18/h6-8,10-11,14-16H,3-5H2,1-2H3/t6-,7+,8-,10-,11-,13+/m1/s1. The number of hydrogen-bond donors (Lipinski definition) is 3. The lowest BCUT2D eigenvalue weighted by atomic mass is 9.83. The van der Waals surface area contributed by atoms with E-state index in [1.54, 1.807) is 13.8 Å². The highest BCUT2D eigenvalue weighted by Crippen LogP contribution is 2.41. The van der Waals surface area contributed by atoms with Gasteiger partial charge in [-0.3, -0.25) is 4.79 Å². The maximum absolute atomic E-state index is 12.1. The zero-order valence-corrected chi connectivity index (χ0v) is 11.9. The minimum absolute atomic E-state index is 0.0391. The Kier molecular flexibility index (Phi) is 4.52. The van der Waals surface area contributed by atoms with Gasteiger partial charge in [-0.2, -0.15) is 0 Å². The molecule has 2 rings (SSSR count). The van der Waals surface area contributed by atoms with Gasteiger partial charge in [0.2, 0.25) is 0 Å². The summed E-state index contributed by atoms with van der Waals surface area (Å²) in [5.41, 5.74) is 0. The molecule has 8 heteroatoms. The van der Waals surface area contributed by atoms with Crippen molar-refractivity contribution < 1.29 is 39.1 Å². The molecule has 0 spiro atoms. The summed E-state index contributed by atoms with van der Waals surface area (Å²) in [5.74, 6) is -4.08. The number of aliphatic hydroxyl groups is 3. The van der Waals surface area contributed by atoms with Crippen LogP contribution in [-0.2, 0) is 23.8 Å². The van der Waals surface area contributed by atoms with Crippen molar-refractivity contribution in [2.75, 3.05) is 6.61 Å². The van der Waals surface area contributed by atoms with Gasteiger partial charge in [-0.1, -0.05) is 13.8 Å². The average molecular weight is 304 g/mol. The lowest BCUT2D eigenvalue weighted by Crippen LogP contribution is -2.67. The van der Waals surface area contributed by atoms with Crippen LogP contribution in [0.2, 0.25) is 0 Å². The topological polar surface area (TPSA) is 123 Å². The molecule has 2 heterocycles. The van der Waals surface area contributed by atoms with E-state index in [1.165, 1.54) is 0 Å². The fourth-order valence-corrected chi connectivity index (χ4v) is 2.60. The smallest absolute Gasteiger partial charge is 0.380 e. The Hall–Kier alpha value is -1.22. The van der Waals surface area contributed by atoms with E-state index >= 15 is 0 Å². The van der Waals surface area contributed by atoms with Gasteiger partial charge < -0.3 is 29.5 Å². The molecule has 6 atom stereocenters. The van der Waals surface area contributed by atoms with Crippen molar-refractivity contribution in [3.63, 3.8) is 0 Å². The van der Waals surface area contributed by atoms with E-state index < -0.39 is 54.7 Å². The maximum atomic E-state index is 12.1. The van der Waals surface area contributed by atoms with Gasteiger partial charge in [0.05, 0.1) is 19.1 Å². The van der Waals surface area contributed by atoms with Crippen LogP contribution in [0.4, 0.5) is 0 Å². The molecule has 2 saturated heterocycles. The highest BCUT2D eigenvalue weighted by Gasteiger charge is 2.61. The van der Waals surface area contributed by atoms with Crippen molar-refractivity contribution in [3.8, 4) is 0 Å². The number of aliphatic hydroxyl groups excluding tert-OH is 3. The molecular weight excluding hydrogens is 284 g/mol. The van der Waals surface area contributed by atoms with Gasteiger partial charge in [0.25, 0.3) is 0 Å². The van der Waals surface area contributed by atoms with E-state index in [4.69, 9.17) is 19.3 Å². The molecule has 2 aliphatic rings. The van der Waals surface area contributed by atoms with E-state index in [0.29, 0.717) is 0 Å². The Morgan fingerprint density at radius 3 is 2.81 bits per heavy atom. The molecule has 0 unspecified atom stereocenters. The number of carbonyl (C=O) groups is 2. The Morgan fingerprint density at radius 2 is 2.24 bits per heavy atom. The minimum atomic E-state index is -1.98. The van der Waals surface area contributed by atoms with Crippen LogP contribution in [-0.4, -0.2) is 64.1 Å². The fourth-order valence-electron chi connectivity index (χ4n) is 2.60. The van der Waals surface area contributed by atoms with Gasteiger partial charge in [0, 0.05) is 12.3 Å². The second-order valence-electron chi connectivity index (χ2n) is 5.41. The zero-order chi connectivity index (χ0) is 15.8. The van der Waals surface area contributed by atoms with Crippen molar-refractivity contribution in [2.24, 2.45) is 5.92 Å². The van der Waals surface area contributed by atoms with Gasteiger partial charge in [-0.15, -0.1) is 0 Å². The Labute approximate surface area is 121 Å². The SMILES string of the molecule is CCC(=O)O[C@@]12C[C@H](O)[C@@H](C)[C@@H](O1)[C@@H]([C@H](O)CO)OC2=O. The van der Waals surface area contributed by atoms with Crippen LogP contribution in [0.25, 0.3) is 0 Å². The molecule has 120 valence electrons. The van der Waals surface area contributed by atoms with E-state index in [2.05, 4.69) is 0 Å². The molecule has 0 radical (unpaired) electrons. The Balaban J connectivity index is 2.30. The van der Waals surface area contributed by atoms with Crippen molar-refractivity contribution in [1.29, 1.82) is 0 Å². The first-order valence-electron chi connectivity index (χ1n) is 6.92. The van der Waals surface area contributed by atoms with Gasteiger partial charge >= 0.3 is 17.7 Å². The first kappa shape index (κ1) is 16.2. The summed E-state index contributed by atoms with van der Waals surface area (Å²) >= 11 is 0. The molecule has 0 aromatic carbocycles. The van der Waals surface area contributed by atoms with Gasteiger partial charge in [0.15, 0.2) is 6.10 Å². The molecule has 2 fully saturated rings. The largest absolute Gasteiger partial charge is 0.452 e. The van der Waals surface area contributed by atoms with Crippen molar-refractivity contribution in [2.45, 2.75) is 56.9 Å². The van der Waals surface area contributed by atoms with Gasteiger partial charge in [-0.25, -0.2) is 4.79 Å². The first-order chi connectivity index (χ1) is 9.84. The molecule has 3 N–H and O–H groups in total. The molecule has 0 aromatic heterocycles. The second kappa shape index (κ2) is 5.88. The molecular formula is C13H20O8. The van der Waals surface area contributed by atoms with Gasteiger partial charge in [-0.05, 0) is 0 Å². The zero-order valence-electron chi connectivity index (χ0n) is 11.9. The first-order valence-corrected chi connectivity index (χ1v) is 6.92. The highest BCUT2D eigenvalue weighted by atomic mass is 16.8. The van der Waals surface area contributed by atoms with Crippen molar-refractivity contribution >= 4 is 11.9 Å². The Morgan fingerprint density at radius 1 is 1.57 bits per heavy atom. The monoisotopic (exact) mass is 304 g/mol. The number of cyclic esters (lactones) is 1. The molecule has 2 aliphatic heterocycles. The molecule has 2 bridgehead atoms. The normalized spacial score (nSPS) is 40.3. The lowest BCUT2D eigenvalue weighted by molar-refractivity contribution is -0.339. The molecule has 8 nitrogen and oxygen atoms in total. The van der Waals surface area contributed by atoms with Crippen molar-refractivity contribution in [3.05, 3.63) is 0 Å². The molecule has 0 amide bonds. The van der Waals surface area contributed by atoms with E-state index in [9.17, 15) is 19.8 Å². The van der Waals surface area contributed by atoms with Crippen LogP contribution in [0, 0.1) is 5.92 Å². The molecule has 0 saturated carbocycles. The van der Waals surface area contributed by atoms with Crippen LogP contribution in [0.1, 0.15) is 26.7 Å². The average Bonchev–Trinajstić information content (AvgIpc) is 2.46. The predicted octanol–water partition coefficient (Wildman–Crippen LogP) is -1.30. The molecule has 0 aliphatic carbocycles. The van der Waals surface area contributed by atoms with E-state index in [0.717, 1.165) is 0 Å². The number of ether oxygens (including phenoxy) is 3. The lowest BCUT2D eigenvalue weighted by Gasteiger charge is -2.50. The van der Waals surface area contributed by atoms with Crippen LogP contribution in [0.3, 0.4) is 0 Å². The number of carbonyl (C=O) groups excluding carboxylic acids is 2. The summed E-state index contributed by atoms with van der Waals surface area (Å²) < 4.78 is 15.7. The summed E-state index contributed by atoms with van der Waals surface area (Å²) in [6.45, 7) is 2.60.